The number of hydrogen-bond acceptors (Lipinski definition) is 4. The van der Waals surface area contributed by atoms with Crippen molar-refractivity contribution in [3.8, 4) is 0 Å². The number of aromatic nitrogens is 2. The molecule has 0 atom stereocenters. The van der Waals surface area contributed by atoms with E-state index in [0.717, 1.165) is 43.0 Å². The van der Waals surface area contributed by atoms with E-state index in [1.807, 2.05) is 39.4 Å². The number of amides is 1. The zero-order chi connectivity index (χ0) is 20.9. The van der Waals surface area contributed by atoms with Gasteiger partial charge in [0.2, 0.25) is 0 Å². The molecule has 0 radical (unpaired) electrons. The second-order valence-corrected chi connectivity index (χ2v) is 8.54. The van der Waals surface area contributed by atoms with E-state index in [2.05, 4.69) is 33.0 Å². The van der Waals surface area contributed by atoms with Crippen LogP contribution in [0.4, 0.5) is 4.79 Å². The van der Waals surface area contributed by atoms with Crippen LogP contribution in [-0.4, -0.2) is 46.6 Å². The summed E-state index contributed by atoms with van der Waals surface area (Å²) in [4.78, 5) is 16.3. The molecule has 1 fully saturated rings. The molecule has 0 aliphatic heterocycles. The van der Waals surface area contributed by atoms with E-state index in [0.29, 0.717) is 12.6 Å². The van der Waals surface area contributed by atoms with Crippen LogP contribution in [0.2, 0.25) is 0 Å². The molecule has 0 aromatic carbocycles. The number of nitrogens with zero attached hydrogens (tertiary/aromatic N) is 3. The van der Waals surface area contributed by atoms with Crippen molar-refractivity contribution >= 4 is 36.0 Å². The fourth-order valence-corrected chi connectivity index (χ4v) is 3.49. The molecule has 0 unspecified atom stereocenters. The lowest BCUT2D eigenvalue weighted by molar-refractivity contribution is 0.0490. The van der Waals surface area contributed by atoms with Gasteiger partial charge in [0.1, 0.15) is 5.60 Å². The highest BCUT2D eigenvalue weighted by molar-refractivity contribution is 14.0. The van der Waals surface area contributed by atoms with Gasteiger partial charge in [-0.2, -0.15) is 5.10 Å². The molecule has 1 amide bonds. The van der Waals surface area contributed by atoms with Crippen LogP contribution in [0.3, 0.4) is 0 Å². The van der Waals surface area contributed by atoms with Crippen LogP contribution in [0.5, 0.6) is 0 Å². The second kappa shape index (κ2) is 11.0. The molecule has 1 heterocycles. The predicted molar refractivity (Wildman–Crippen MR) is 127 cm³/mol. The average Bonchev–Trinajstić information content (AvgIpc) is 2.83. The summed E-state index contributed by atoms with van der Waals surface area (Å²) in [7, 11) is 3.75. The molecule has 2 rings (SSSR count). The zero-order valence-corrected chi connectivity index (χ0v) is 21.1. The van der Waals surface area contributed by atoms with Crippen molar-refractivity contribution < 1.29 is 9.53 Å². The highest BCUT2D eigenvalue weighted by Crippen LogP contribution is 2.19. The standard InChI is InChI=1S/C20H36N6O2.HI/c1-13-17(14(2)26(7)25-13)12-22-18(21-6)23-15-8-10-16(11-9-15)24-19(27)28-20(3,4)5;/h15-16H,8-12H2,1-7H3,(H,24,27)(H2,21,22,23);1H. The number of halogens is 1. The molecule has 1 aromatic rings. The van der Waals surface area contributed by atoms with Crippen molar-refractivity contribution in [3.63, 3.8) is 0 Å². The van der Waals surface area contributed by atoms with Crippen LogP contribution in [0.1, 0.15) is 63.4 Å². The van der Waals surface area contributed by atoms with Gasteiger partial charge in [0.25, 0.3) is 0 Å². The topological polar surface area (TPSA) is 92.6 Å². The van der Waals surface area contributed by atoms with Crippen LogP contribution >= 0.6 is 24.0 Å². The minimum Gasteiger partial charge on any atom is -0.444 e. The van der Waals surface area contributed by atoms with Crippen molar-refractivity contribution in [1.82, 2.24) is 25.7 Å². The van der Waals surface area contributed by atoms with E-state index in [4.69, 9.17) is 4.74 Å². The van der Waals surface area contributed by atoms with Gasteiger partial charge in [0.15, 0.2) is 5.96 Å². The molecule has 0 spiro atoms. The number of aliphatic imine (C=N–C) groups is 1. The third-order valence-corrected chi connectivity index (χ3v) is 5.10. The summed E-state index contributed by atoms with van der Waals surface area (Å²) in [6.45, 7) is 10.4. The number of aryl methyl sites for hydroxylation is 2. The Bertz CT molecular complexity index is 703. The summed E-state index contributed by atoms with van der Waals surface area (Å²) in [5.74, 6) is 0.797. The van der Waals surface area contributed by atoms with Gasteiger partial charge in [-0.15, -0.1) is 24.0 Å². The molecule has 29 heavy (non-hydrogen) atoms. The highest BCUT2D eigenvalue weighted by atomic mass is 127. The molecule has 1 aliphatic carbocycles. The van der Waals surface area contributed by atoms with E-state index >= 15 is 0 Å². The lowest BCUT2D eigenvalue weighted by atomic mass is 9.91. The number of ether oxygens (including phenoxy) is 1. The first kappa shape index (κ1) is 25.5. The number of carbonyl (C=O) groups is 1. The first-order valence-electron chi connectivity index (χ1n) is 10.0. The maximum atomic E-state index is 11.9. The summed E-state index contributed by atoms with van der Waals surface area (Å²) in [6.07, 6.45) is 3.48. The van der Waals surface area contributed by atoms with Gasteiger partial charge < -0.3 is 20.7 Å². The quantitative estimate of drug-likeness (QED) is 0.322. The summed E-state index contributed by atoms with van der Waals surface area (Å²) >= 11 is 0. The van der Waals surface area contributed by atoms with Gasteiger partial charge in [0.05, 0.1) is 5.69 Å². The Labute approximate surface area is 191 Å². The monoisotopic (exact) mass is 520 g/mol. The molecular weight excluding hydrogens is 483 g/mol. The molecule has 8 nitrogen and oxygen atoms in total. The zero-order valence-electron chi connectivity index (χ0n) is 18.8. The van der Waals surface area contributed by atoms with Gasteiger partial charge in [-0.25, -0.2) is 4.79 Å². The maximum absolute atomic E-state index is 11.9. The average molecular weight is 520 g/mol. The normalized spacial score (nSPS) is 19.9. The lowest BCUT2D eigenvalue weighted by Gasteiger charge is -2.31. The molecular formula is C20H37IN6O2. The molecule has 1 aromatic heterocycles. The minimum absolute atomic E-state index is 0. The van der Waals surface area contributed by atoms with Gasteiger partial charge in [-0.1, -0.05) is 0 Å². The fraction of sp³-hybridized carbons (Fsp3) is 0.750. The largest absolute Gasteiger partial charge is 0.444 e. The summed E-state index contributed by atoms with van der Waals surface area (Å²) < 4.78 is 7.25. The summed E-state index contributed by atoms with van der Waals surface area (Å²) in [5, 5.41) is 14.3. The van der Waals surface area contributed by atoms with Crippen molar-refractivity contribution in [2.24, 2.45) is 12.0 Å². The molecule has 1 saturated carbocycles. The summed E-state index contributed by atoms with van der Waals surface area (Å²) in [6, 6.07) is 0.516. The van der Waals surface area contributed by atoms with Crippen molar-refractivity contribution in [3.05, 3.63) is 17.0 Å². The predicted octanol–water partition coefficient (Wildman–Crippen LogP) is 3.16. The molecule has 1 aliphatic rings. The van der Waals surface area contributed by atoms with Crippen LogP contribution < -0.4 is 16.0 Å². The molecule has 0 saturated heterocycles. The number of carbonyl (C=O) groups excluding carboxylic acids is 1. The molecule has 0 bridgehead atoms. The lowest BCUT2D eigenvalue weighted by Crippen LogP contribution is -2.48. The van der Waals surface area contributed by atoms with Gasteiger partial charge in [0, 0.05) is 44.0 Å². The number of hydrogen-bond donors (Lipinski definition) is 3. The Hall–Kier alpha value is -1.52. The third kappa shape index (κ3) is 8.02. The first-order valence-corrected chi connectivity index (χ1v) is 10.0. The van der Waals surface area contributed by atoms with E-state index in [1.54, 1.807) is 7.05 Å². The Morgan fingerprint density at radius 2 is 1.72 bits per heavy atom. The van der Waals surface area contributed by atoms with Gasteiger partial charge in [-0.3, -0.25) is 9.67 Å². The second-order valence-electron chi connectivity index (χ2n) is 8.54. The van der Waals surface area contributed by atoms with Crippen molar-refractivity contribution in [2.75, 3.05) is 7.05 Å². The molecule has 166 valence electrons. The van der Waals surface area contributed by atoms with Crippen LogP contribution in [-0.2, 0) is 18.3 Å². The van der Waals surface area contributed by atoms with Crippen LogP contribution in [0, 0.1) is 13.8 Å². The Morgan fingerprint density at radius 3 is 2.17 bits per heavy atom. The fourth-order valence-electron chi connectivity index (χ4n) is 3.49. The first-order chi connectivity index (χ1) is 13.1. The number of alkyl carbamates (subject to hydrolysis) is 1. The Balaban J connectivity index is 0.00000420. The van der Waals surface area contributed by atoms with E-state index in [-0.39, 0.29) is 36.1 Å². The Kier molecular flexibility index (Phi) is 9.70. The van der Waals surface area contributed by atoms with Crippen molar-refractivity contribution in [2.45, 2.75) is 84.5 Å². The number of rotatable bonds is 4. The van der Waals surface area contributed by atoms with Crippen LogP contribution in [0.25, 0.3) is 0 Å². The van der Waals surface area contributed by atoms with E-state index in [9.17, 15) is 4.79 Å². The number of nitrogens with one attached hydrogen (secondary N) is 3. The van der Waals surface area contributed by atoms with Gasteiger partial charge in [-0.05, 0) is 60.3 Å². The highest BCUT2D eigenvalue weighted by Gasteiger charge is 2.25. The maximum Gasteiger partial charge on any atom is 0.407 e. The SMILES string of the molecule is CN=C(NCc1c(C)nn(C)c1C)NC1CCC(NC(=O)OC(C)(C)C)CC1.I. The van der Waals surface area contributed by atoms with Crippen molar-refractivity contribution in [1.29, 1.82) is 0 Å². The molecule has 9 heteroatoms. The smallest absolute Gasteiger partial charge is 0.407 e. The van der Waals surface area contributed by atoms with Gasteiger partial charge >= 0.3 is 6.09 Å². The Morgan fingerprint density at radius 1 is 1.17 bits per heavy atom. The van der Waals surface area contributed by atoms with E-state index in [1.165, 1.54) is 5.56 Å². The third-order valence-electron chi connectivity index (χ3n) is 5.10. The number of guanidine groups is 1. The summed E-state index contributed by atoms with van der Waals surface area (Å²) in [5.41, 5.74) is 2.94. The van der Waals surface area contributed by atoms with Crippen LogP contribution in [0.15, 0.2) is 4.99 Å². The molecule has 3 N–H and O–H groups in total. The van der Waals surface area contributed by atoms with E-state index < -0.39 is 5.60 Å². The minimum atomic E-state index is -0.466.